The number of alkyl halides is 4. The Kier molecular flexibility index (Phi) is 3.51. The number of aryl methyl sites for hydroxylation is 1. The van der Waals surface area contributed by atoms with E-state index in [1.807, 2.05) is 5.32 Å². The van der Waals surface area contributed by atoms with E-state index in [1.54, 1.807) is 0 Å². The Labute approximate surface area is 89.3 Å². The molecule has 0 aliphatic rings. The van der Waals surface area contributed by atoms with E-state index in [0.29, 0.717) is 5.56 Å². The highest BCUT2D eigenvalue weighted by Crippen LogP contribution is 2.31. The van der Waals surface area contributed by atoms with Gasteiger partial charge in [0.25, 0.3) is 5.91 Å². The minimum absolute atomic E-state index is 0.0602. The Morgan fingerprint density at radius 1 is 1.31 bits per heavy atom. The van der Waals surface area contributed by atoms with Gasteiger partial charge in [0.2, 0.25) is 0 Å². The second-order valence-corrected chi connectivity index (χ2v) is 3.27. The van der Waals surface area contributed by atoms with Crippen LogP contribution in [-0.4, -0.2) is 12.6 Å². The van der Waals surface area contributed by atoms with Crippen LogP contribution in [0.3, 0.4) is 0 Å². The first-order valence-corrected chi connectivity index (χ1v) is 4.37. The zero-order valence-electron chi connectivity index (χ0n) is 8.36. The Bertz CT molecular complexity index is 400. The molecule has 16 heavy (non-hydrogen) atoms. The number of hydrogen-bond donors (Lipinski definition) is 1. The summed E-state index contributed by atoms with van der Waals surface area (Å²) in [6.07, 6.45) is -4.48. The van der Waals surface area contributed by atoms with Crippen LogP contribution in [0.2, 0.25) is 0 Å². The van der Waals surface area contributed by atoms with Gasteiger partial charge in [-0.15, -0.1) is 0 Å². The lowest BCUT2D eigenvalue weighted by Gasteiger charge is -2.10. The van der Waals surface area contributed by atoms with Crippen molar-refractivity contribution in [1.29, 1.82) is 0 Å². The van der Waals surface area contributed by atoms with Gasteiger partial charge in [0.15, 0.2) is 6.67 Å². The molecule has 1 aromatic rings. The Hall–Kier alpha value is -1.59. The fourth-order valence-electron chi connectivity index (χ4n) is 1.21. The first-order valence-electron chi connectivity index (χ1n) is 4.37. The number of carbonyl (C=O) groups is 1. The fraction of sp³-hybridized carbons (Fsp3) is 0.300. The van der Waals surface area contributed by atoms with Gasteiger partial charge < -0.3 is 5.32 Å². The number of anilines is 1. The van der Waals surface area contributed by atoms with E-state index < -0.39 is 24.3 Å². The Morgan fingerprint density at radius 3 is 2.44 bits per heavy atom. The van der Waals surface area contributed by atoms with E-state index >= 15 is 0 Å². The van der Waals surface area contributed by atoms with E-state index in [4.69, 9.17) is 0 Å². The lowest BCUT2D eigenvalue weighted by atomic mass is 10.1. The molecule has 0 aromatic heterocycles. The van der Waals surface area contributed by atoms with Gasteiger partial charge in [-0.2, -0.15) is 13.2 Å². The van der Waals surface area contributed by atoms with Crippen LogP contribution in [0.1, 0.15) is 11.1 Å². The minimum atomic E-state index is -4.48. The topological polar surface area (TPSA) is 29.1 Å². The highest BCUT2D eigenvalue weighted by molar-refractivity contribution is 5.91. The number of rotatable bonds is 2. The van der Waals surface area contributed by atoms with Crippen LogP contribution < -0.4 is 5.32 Å². The van der Waals surface area contributed by atoms with Gasteiger partial charge in [0, 0.05) is 5.69 Å². The van der Waals surface area contributed by atoms with Crippen molar-refractivity contribution in [2.24, 2.45) is 0 Å². The lowest BCUT2D eigenvalue weighted by Crippen LogP contribution is -2.14. The summed E-state index contributed by atoms with van der Waals surface area (Å²) >= 11 is 0. The Balaban J connectivity index is 3.04. The quantitative estimate of drug-likeness (QED) is 0.784. The molecule has 0 atom stereocenters. The molecular formula is C10H9F4NO. The third-order valence-corrected chi connectivity index (χ3v) is 1.81. The van der Waals surface area contributed by atoms with E-state index in [1.165, 1.54) is 13.0 Å². The van der Waals surface area contributed by atoms with Crippen molar-refractivity contribution in [1.82, 2.24) is 0 Å². The van der Waals surface area contributed by atoms with Gasteiger partial charge in [0.05, 0.1) is 5.56 Å². The molecule has 0 saturated heterocycles. The van der Waals surface area contributed by atoms with Crippen LogP contribution in [0.4, 0.5) is 23.2 Å². The van der Waals surface area contributed by atoms with Crippen molar-refractivity contribution in [3.63, 3.8) is 0 Å². The normalized spacial score (nSPS) is 11.3. The molecular weight excluding hydrogens is 226 g/mol. The predicted octanol–water partition coefficient (Wildman–Crippen LogP) is 2.92. The Morgan fingerprint density at radius 2 is 1.94 bits per heavy atom. The van der Waals surface area contributed by atoms with E-state index in [-0.39, 0.29) is 5.69 Å². The van der Waals surface area contributed by atoms with Crippen LogP contribution in [0.15, 0.2) is 18.2 Å². The highest BCUT2D eigenvalue weighted by atomic mass is 19.4. The van der Waals surface area contributed by atoms with Crippen molar-refractivity contribution in [2.75, 3.05) is 12.0 Å². The molecule has 1 aromatic carbocycles. The lowest BCUT2D eigenvalue weighted by molar-refractivity contribution is -0.137. The van der Waals surface area contributed by atoms with Gasteiger partial charge in [0.1, 0.15) is 0 Å². The monoisotopic (exact) mass is 235 g/mol. The van der Waals surface area contributed by atoms with Gasteiger partial charge in [-0.25, -0.2) is 4.39 Å². The molecule has 1 amide bonds. The molecule has 0 radical (unpaired) electrons. The van der Waals surface area contributed by atoms with Crippen molar-refractivity contribution in [3.8, 4) is 0 Å². The zero-order chi connectivity index (χ0) is 12.3. The van der Waals surface area contributed by atoms with Gasteiger partial charge in [-0.3, -0.25) is 4.79 Å². The number of halogens is 4. The molecule has 6 heteroatoms. The summed E-state index contributed by atoms with van der Waals surface area (Å²) in [5.74, 6) is -0.973. The second kappa shape index (κ2) is 4.51. The third-order valence-electron chi connectivity index (χ3n) is 1.81. The molecule has 0 spiro atoms. The molecule has 0 unspecified atom stereocenters. The summed E-state index contributed by atoms with van der Waals surface area (Å²) in [6, 6.07) is 3.05. The summed E-state index contributed by atoms with van der Waals surface area (Å²) < 4.78 is 49.0. The average molecular weight is 235 g/mol. The number of hydrogen-bond acceptors (Lipinski definition) is 1. The molecule has 0 heterocycles. The SMILES string of the molecule is Cc1cc(NC(=O)CF)cc(C(F)(F)F)c1. The van der Waals surface area contributed by atoms with E-state index in [0.717, 1.165) is 12.1 Å². The maximum atomic E-state index is 12.4. The number of nitrogens with one attached hydrogen (secondary N) is 1. The molecule has 0 fully saturated rings. The number of carbonyl (C=O) groups excluding carboxylic acids is 1. The molecule has 0 aliphatic carbocycles. The first-order chi connectivity index (χ1) is 7.32. The summed E-state index contributed by atoms with van der Waals surface area (Å²) in [5, 5.41) is 2.03. The molecule has 0 bridgehead atoms. The first kappa shape index (κ1) is 12.5. The second-order valence-electron chi connectivity index (χ2n) is 3.27. The largest absolute Gasteiger partial charge is 0.416 e. The standard InChI is InChI=1S/C10H9F4NO/c1-6-2-7(10(12,13)14)4-8(3-6)15-9(16)5-11/h2-4H,5H2,1H3,(H,15,16). The molecule has 1 N–H and O–H groups in total. The third kappa shape index (κ3) is 3.22. The van der Waals surface area contributed by atoms with E-state index in [9.17, 15) is 22.4 Å². The molecule has 2 nitrogen and oxygen atoms in total. The zero-order valence-corrected chi connectivity index (χ0v) is 8.36. The molecule has 0 saturated carbocycles. The predicted molar refractivity (Wildman–Crippen MR) is 50.8 cm³/mol. The number of amides is 1. The fourth-order valence-corrected chi connectivity index (χ4v) is 1.21. The van der Waals surface area contributed by atoms with Crippen molar-refractivity contribution < 1.29 is 22.4 Å². The number of benzene rings is 1. The molecule has 88 valence electrons. The van der Waals surface area contributed by atoms with Crippen LogP contribution in [0.5, 0.6) is 0 Å². The maximum Gasteiger partial charge on any atom is 0.416 e. The van der Waals surface area contributed by atoms with Crippen molar-refractivity contribution in [2.45, 2.75) is 13.1 Å². The summed E-state index contributed by atoms with van der Waals surface area (Å²) in [5.41, 5.74) is -0.597. The van der Waals surface area contributed by atoms with Crippen LogP contribution >= 0.6 is 0 Å². The minimum Gasteiger partial charge on any atom is -0.324 e. The van der Waals surface area contributed by atoms with Crippen molar-refractivity contribution in [3.05, 3.63) is 29.3 Å². The van der Waals surface area contributed by atoms with Crippen molar-refractivity contribution >= 4 is 11.6 Å². The van der Waals surface area contributed by atoms with Gasteiger partial charge in [-0.05, 0) is 30.7 Å². The summed E-state index contributed by atoms with van der Waals surface area (Å²) in [7, 11) is 0. The van der Waals surface area contributed by atoms with Gasteiger partial charge in [-0.1, -0.05) is 0 Å². The summed E-state index contributed by atoms with van der Waals surface area (Å²) in [4.78, 5) is 10.7. The van der Waals surface area contributed by atoms with E-state index in [2.05, 4.69) is 0 Å². The highest BCUT2D eigenvalue weighted by Gasteiger charge is 2.30. The van der Waals surface area contributed by atoms with Crippen LogP contribution in [-0.2, 0) is 11.0 Å². The van der Waals surface area contributed by atoms with Gasteiger partial charge >= 0.3 is 6.18 Å². The van der Waals surface area contributed by atoms with Crippen LogP contribution in [0.25, 0.3) is 0 Å². The summed E-state index contributed by atoms with van der Waals surface area (Å²) in [6.45, 7) is 0.190. The molecule has 0 aliphatic heterocycles. The maximum absolute atomic E-state index is 12.4. The smallest absolute Gasteiger partial charge is 0.324 e. The average Bonchev–Trinajstić information content (AvgIpc) is 2.15. The molecule has 1 rings (SSSR count). The van der Waals surface area contributed by atoms with Crippen LogP contribution in [0, 0.1) is 6.92 Å².